The van der Waals surface area contributed by atoms with Gasteiger partial charge in [0.05, 0.1) is 0 Å². The average Bonchev–Trinajstić information content (AvgIpc) is 2.32. The van der Waals surface area contributed by atoms with Crippen LogP contribution in [0, 0.1) is 12.8 Å². The van der Waals surface area contributed by atoms with E-state index >= 15 is 0 Å². The van der Waals surface area contributed by atoms with E-state index in [0.717, 1.165) is 24.8 Å². The van der Waals surface area contributed by atoms with Crippen molar-refractivity contribution in [3.05, 3.63) is 29.8 Å². The third-order valence-electron chi connectivity index (χ3n) is 3.44. The fraction of sp³-hybridized carbons (Fsp3) is 0.600. The zero-order valence-corrected chi connectivity index (χ0v) is 11.0. The fourth-order valence-electron chi connectivity index (χ4n) is 2.42. The molecule has 17 heavy (non-hydrogen) atoms. The van der Waals surface area contributed by atoms with Gasteiger partial charge in [-0.3, -0.25) is 4.90 Å². The molecule has 1 aromatic carbocycles. The maximum Gasteiger partial charge on any atom is 0.119 e. The number of nitrogens with zero attached hydrogens (tertiary/aromatic N) is 1. The summed E-state index contributed by atoms with van der Waals surface area (Å²) < 4.78 is 5.76. The Bertz CT molecular complexity index is 333. The molecule has 0 aromatic heterocycles. The van der Waals surface area contributed by atoms with E-state index in [1.54, 1.807) is 0 Å². The highest BCUT2D eigenvalue weighted by atomic mass is 16.5. The Labute approximate surface area is 105 Å². The molecule has 2 rings (SSSR count). The summed E-state index contributed by atoms with van der Waals surface area (Å²) in [6.07, 6.45) is 2.72. The maximum absolute atomic E-state index is 5.76. The molecule has 0 spiro atoms. The second-order valence-corrected chi connectivity index (χ2v) is 5.21. The first kappa shape index (κ1) is 12.4. The van der Waals surface area contributed by atoms with Crippen LogP contribution >= 0.6 is 0 Å². The molecule has 0 amide bonds. The van der Waals surface area contributed by atoms with Crippen molar-refractivity contribution in [3.63, 3.8) is 0 Å². The van der Waals surface area contributed by atoms with E-state index in [1.165, 1.54) is 31.5 Å². The van der Waals surface area contributed by atoms with Crippen LogP contribution in [0.2, 0.25) is 0 Å². The number of hydrogen-bond acceptors (Lipinski definition) is 2. The predicted octanol–water partition coefficient (Wildman–Crippen LogP) is 3.11. The molecule has 0 N–H and O–H groups in total. The van der Waals surface area contributed by atoms with Crippen LogP contribution in [0.4, 0.5) is 0 Å². The first-order chi connectivity index (χ1) is 8.24. The summed E-state index contributed by atoms with van der Waals surface area (Å²) in [5, 5.41) is 0. The van der Waals surface area contributed by atoms with Crippen LogP contribution in [0.1, 0.15) is 25.3 Å². The van der Waals surface area contributed by atoms with Crippen molar-refractivity contribution < 1.29 is 4.74 Å². The Morgan fingerprint density at radius 3 is 2.76 bits per heavy atom. The van der Waals surface area contributed by atoms with Crippen molar-refractivity contribution in [2.45, 2.75) is 26.7 Å². The monoisotopic (exact) mass is 233 g/mol. The van der Waals surface area contributed by atoms with Crippen molar-refractivity contribution in [2.75, 3.05) is 26.2 Å². The van der Waals surface area contributed by atoms with Gasteiger partial charge in [0.2, 0.25) is 0 Å². The van der Waals surface area contributed by atoms with Crippen LogP contribution in [0.25, 0.3) is 0 Å². The second kappa shape index (κ2) is 6.06. The highest BCUT2D eigenvalue weighted by Gasteiger charge is 2.15. The molecule has 1 saturated heterocycles. The first-order valence-corrected chi connectivity index (χ1v) is 6.66. The van der Waals surface area contributed by atoms with Crippen molar-refractivity contribution >= 4 is 0 Å². The van der Waals surface area contributed by atoms with Gasteiger partial charge < -0.3 is 4.74 Å². The lowest BCUT2D eigenvalue weighted by molar-refractivity contribution is 0.153. The molecule has 1 aliphatic rings. The van der Waals surface area contributed by atoms with Crippen molar-refractivity contribution in [1.29, 1.82) is 0 Å². The third-order valence-corrected chi connectivity index (χ3v) is 3.44. The molecule has 2 nitrogen and oxygen atoms in total. The van der Waals surface area contributed by atoms with E-state index in [2.05, 4.69) is 30.9 Å². The van der Waals surface area contributed by atoms with E-state index in [-0.39, 0.29) is 0 Å². The second-order valence-electron chi connectivity index (χ2n) is 5.21. The van der Waals surface area contributed by atoms with E-state index in [9.17, 15) is 0 Å². The largest absolute Gasteiger partial charge is 0.492 e. The lowest BCUT2D eigenvalue weighted by atomic mass is 10.0. The van der Waals surface area contributed by atoms with Gasteiger partial charge in [-0.2, -0.15) is 0 Å². The third kappa shape index (κ3) is 4.04. The number of hydrogen-bond donors (Lipinski definition) is 0. The maximum atomic E-state index is 5.76. The van der Waals surface area contributed by atoms with Gasteiger partial charge >= 0.3 is 0 Å². The van der Waals surface area contributed by atoms with Gasteiger partial charge in [-0.05, 0) is 44.4 Å². The fourth-order valence-corrected chi connectivity index (χ4v) is 2.42. The van der Waals surface area contributed by atoms with Gasteiger partial charge in [-0.15, -0.1) is 0 Å². The molecule has 1 unspecified atom stereocenters. The number of rotatable bonds is 4. The zero-order chi connectivity index (χ0) is 12.1. The summed E-state index contributed by atoms with van der Waals surface area (Å²) in [6.45, 7) is 8.76. The minimum absolute atomic E-state index is 0.801. The summed E-state index contributed by atoms with van der Waals surface area (Å²) >= 11 is 0. The summed E-state index contributed by atoms with van der Waals surface area (Å²) in [5.74, 6) is 1.84. The summed E-state index contributed by atoms with van der Waals surface area (Å²) in [6, 6.07) is 8.29. The molecular weight excluding hydrogens is 210 g/mol. The Morgan fingerprint density at radius 2 is 2.06 bits per heavy atom. The standard InChI is InChI=1S/C15H23NO/c1-13-5-7-15(8-6-13)17-11-10-16-9-3-4-14(2)12-16/h5-8,14H,3-4,9-12H2,1-2H3. The molecule has 0 aliphatic carbocycles. The van der Waals surface area contributed by atoms with Crippen LogP contribution in [0.15, 0.2) is 24.3 Å². The van der Waals surface area contributed by atoms with Crippen LogP contribution in [-0.2, 0) is 0 Å². The zero-order valence-electron chi connectivity index (χ0n) is 11.0. The van der Waals surface area contributed by atoms with Gasteiger partial charge in [0, 0.05) is 13.1 Å². The summed E-state index contributed by atoms with van der Waals surface area (Å²) in [4.78, 5) is 2.52. The van der Waals surface area contributed by atoms with Gasteiger partial charge in [-0.1, -0.05) is 24.6 Å². The number of aryl methyl sites for hydroxylation is 1. The molecular formula is C15H23NO. The van der Waals surface area contributed by atoms with E-state index < -0.39 is 0 Å². The van der Waals surface area contributed by atoms with Crippen LogP contribution in [0.5, 0.6) is 5.75 Å². The quantitative estimate of drug-likeness (QED) is 0.792. The summed E-state index contributed by atoms with van der Waals surface area (Å²) in [7, 11) is 0. The normalized spacial score (nSPS) is 21.4. The molecule has 0 saturated carbocycles. The lowest BCUT2D eigenvalue weighted by Gasteiger charge is -2.30. The topological polar surface area (TPSA) is 12.5 Å². The highest BCUT2D eigenvalue weighted by Crippen LogP contribution is 2.15. The Kier molecular flexibility index (Phi) is 4.43. The number of benzene rings is 1. The molecule has 1 atom stereocenters. The molecule has 2 heteroatoms. The van der Waals surface area contributed by atoms with Gasteiger partial charge in [0.15, 0.2) is 0 Å². The first-order valence-electron chi connectivity index (χ1n) is 6.66. The van der Waals surface area contributed by atoms with Gasteiger partial charge in [-0.25, -0.2) is 0 Å². The lowest BCUT2D eigenvalue weighted by Crippen LogP contribution is -2.37. The number of piperidine rings is 1. The van der Waals surface area contributed by atoms with Crippen molar-refractivity contribution in [1.82, 2.24) is 4.90 Å². The van der Waals surface area contributed by atoms with Crippen LogP contribution in [-0.4, -0.2) is 31.1 Å². The van der Waals surface area contributed by atoms with Gasteiger partial charge in [0.25, 0.3) is 0 Å². The predicted molar refractivity (Wildman–Crippen MR) is 71.5 cm³/mol. The summed E-state index contributed by atoms with van der Waals surface area (Å²) in [5.41, 5.74) is 1.28. The Morgan fingerprint density at radius 1 is 1.29 bits per heavy atom. The van der Waals surface area contributed by atoms with Gasteiger partial charge in [0.1, 0.15) is 12.4 Å². The van der Waals surface area contributed by atoms with E-state index in [4.69, 9.17) is 4.74 Å². The minimum Gasteiger partial charge on any atom is -0.492 e. The molecule has 94 valence electrons. The van der Waals surface area contributed by atoms with Crippen LogP contribution in [0.3, 0.4) is 0 Å². The Hall–Kier alpha value is -1.02. The minimum atomic E-state index is 0.801. The van der Waals surface area contributed by atoms with E-state index in [0.29, 0.717) is 0 Å². The molecule has 0 radical (unpaired) electrons. The molecule has 0 bridgehead atoms. The van der Waals surface area contributed by atoms with Crippen molar-refractivity contribution in [3.8, 4) is 5.75 Å². The highest BCUT2D eigenvalue weighted by molar-refractivity contribution is 5.26. The molecule has 1 aromatic rings. The smallest absolute Gasteiger partial charge is 0.119 e. The van der Waals surface area contributed by atoms with Crippen LogP contribution < -0.4 is 4.74 Å². The number of likely N-dealkylation sites (tertiary alicyclic amines) is 1. The number of ether oxygens (including phenoxy) is 1. The SMILES string of the molecule is Cc1ccc(OCCN2CCCC(C)C2)cc1. The van der Waals surface area contributed by atoms with Crippen molar-refractivity contribution in [2.24, 2.45) is 5.92 Å². The molecule has 1 aliphatic heterocycles. The Balaban J connectivity index is 1.70. The van der Waals surface area contributed by atoms with E-state index in [1.807, 2.05) is 12.1 Å². The average molecular weight is 233 g/mol. The molecule has 1 fully saturated rings. The molecule has 1 heterocycles.